The van der Waals surface area contributed by atoms with Gasteiger partial charge in [0.25, 0.3) is 5.91 Å². The summed E-state index contributed by atoms with van der Waals surface area (Å²) in [5.74, 6) is 0.147. The Labute approximate surface area is 107 Å². The molecule has 0 aliphatic carbocycles. The maximum Gasteiger partial charge on any atom is 0.251 e. The second-order valence-electron chi connectivity index (χ2n) is 5.57. The molecule has 3 aliphatic rings. The van der Waals surface area contributed by atoms with E-state index in [9.17, 15) is 4.79 Å². The van der Waals surface area contributed by atoms with Gasteiger partial charge in [-0.1, -0.05) is 0 Å². The number of hydrogen-bond donors (Lipinski definition) is 0. The van der Waals surface area contributed by atoms with Crippen molar-refractivity contribution in [3.63, 3.8) is 0 Å². The van der Waals surface area contributed by atoms with Crippen molar-refractivity contribution in [3.8, 4) is 0 Å². The van der Waals surface area contributed by atoms with Crippen molar-refractivity contribution in [3.05, 3.63) is 0 Å². The molecule has 3 atom stereocenters. The van der Waals surface area contributed by atoms with Crippen LogP contribution in [-0.2, 0) is 19.0 Å². The van der Waals surface area contributed by atoms with E-state index < -0.39 is 0 Å². The summed E-state index contributed by atoms with van der Waals surface area (Å²) < 4.78 is 16.7. The maximum absolute atomic E-state index is 12.3. The molecule has 3 fully saturated rings. The highest BCUT2D eigenvalue weighted by Crippen LogP contribution is 2.36. The molecule has 0 N–H and O–H groups in total. The third-order valence-corrected chi connectivity index (χ3v) is 4.34. The Morgan fingerprint density at radius 1 is 1.50 bits per heavy atom. The third kappa shape index (κ3) is 2.15. The predicted molar refractivity (Wildman–Crippen MR) is 64.3 cm³/mol. The minimum absolute atomic E-state index is 0.147. The Hall–Kier alpha value is -0.650. The summed E-state index contributed by atoms with van der Waals surface area (Å²) >= 11 is 0. The number of amides is 1. The van der Waals surface area contributed by atoms with Crippen molar-refractivity contribution in [2.24, 2.45) is 0 Å². The molecule has 5 heteroatoms. The van der Waals surface area contributed by atoms with Gasteiger partial charge in [0.2, 0.25) is 0 Å². The lowest BCUT2D eigenvalue weighted by molar-refractivity contribution is -0.140. The fourth-order valence-corrected chi connectivity index (χ4v) is 3.25. The summed E-state index contributed by atoms with van der Waals surface area (Å²) in [4.78, 5) is 14.2. The summed E-state index contributed by atoms with van der Waals surface area (Å²) in [6.45, 7) is 2.86. The van der Waals surface area contributed by atoms with Gasteiger partial charge in [-0.05, 0) is 19.3 Å². The molecule has 1 amide bonds. The minimum Gasteiger partial charge on any atom is -0.379 e. The Bertz CT molecular complexity index is 329. The standard InChI is InChI=1S/C13H21NO4/c1-16-10-7-13(18-8-10)4-5-14(9-13)12(15)11-3-2-6-17-11/h10-11H,2-9H2,1H3/t10-,11-,13+/m0/s1. The van der Waals surface area contributed by atoms with E-state index in [1.807, 2.05) is 4.90 Å². The zero-order valence-corrected chi connectivity index (χ0v) is 10.9. The summed E-state index contributed by atoms with van der Waals surface area (Å²) in [6.07, 6.45) is 3.66. The molecule has 0 aromatic heterocycles. The molecule has 0 radical (unpaired) electrons. The molecular formula is C13H21NO4. The van der Waals surface area contributed by atoms with Crippen LogP contribution in [0.15, 0.2) is 0 Å². The van der Waals surface area contributed by atoms with E-state index in [4.69, 9.17) is 14.2 Å². The van der Waals surface area contributed by atoms with Crippen LogP contribution in [0.3, 0.4) is 0 Å². The van der Waals surface area contributed by atoms with Gasteiger partial charge >= 0.3 is 0 Å². The fraction of sp³-hybridized carbons (Fsp3) is 0.923. The average molecular weight is 255 g/mol. The summed E-state index contributed by atoms with van der Waals surface area (Å²) in [6, 6.07) is 0. The zero-order valence-electron chi connectivity index (χ0n) is 10.9. The normalized spacial score (nSPS) is 39.9. The van der Waals surface area contributed by atoms with Gasteiger partial charge in [0.05, 0.1) is 18.3 Å². The SMILES string of the molecule is CO[C@@H]1CO[C@]2(CCN(C(=O)[C@@H]3CCCO3)C2)C1. The lowest BCUT2D eigenvalue weighted by Gasteiger charge is -2.24. The second-order valence-corrected chi connectivity index (χ2v) is 5.57. The topological polar surface area (TPSA) is 48.0 Å². The molecule has 0 bridgehead atoms. The van der Waals surface area contributed by atoms with Crippen molar-refractivity contribution >= 4 is 5.91 Å². The molecule has 5 nitrogen and oxygen atoms in total. The van der Waals surface area contributed by atoms with Crippen LogP contribution >= 0.6 is 0 Å². The van der Waals surface area contributed by atoms with Gasteiger partial charge in [0, 0.05) is 33.2 Å². The van der Waals surface area contributed by atoms with Crippen LogP contribution in [0, 0.1) is 0 Å². The van der Waals surface area contributed by atoms with Crippen molar-refractivity contribution in [1.82, 2.24) is 4.90 Å². The van der Waals surface area contributed by atoms with Crippen molar-refractivity contribution in [2.75, 3.05) is 33.4 Å². The fourth-order valence-electron chi connectivity index (χ4n) is 3.25. The number of carbonyl (C=O) groups is 1. The highest BCUT2D eigenvalue weighted by molar-refractivity contribution is 5.81. The van der Waals surface area contributed by atoms with Gasteiger partial charge in [0.15, 0.2) is 0 Å². The molecule has 3 rings (SSSR count). The molecule has 3 saturated heterocycles. The van der Waals surface area contributed by atoms with E-state index in [0.717, 1.165) is 38.8 Å². The number of nitrogens with zero attached hydrogens (tertiary/aromatic N) is 1. The van der Waals surface area contributed by atoms with Crippen molar-refractivity contribution in [1.29, 1.82) is 0 Å². The highest BCUT2D eigenvalue weighted by atomic mass is 16.6. The smallest absolute Gasteiger partial charge is 0.251 e. The van der Waals surface area contributed by atoms with Gasteiger partial charge in [-0.15, -0.1) is 0 Å². The number of hydrogen-bond acceptors (Lipinski definition) is 4. The first-order valence-corrected chi connectivity index (χ1v) is 6.80. The Morgan fingerprint density at radius 3 is 3.06 bits per heavy atom. The molecule has 0 saturated carbocycles. The van der Waals surface area contributed by atoms with Gasteiger partial charge in [-0.3, -0.25) is 4.79 Å². The van der Waals surface area contributed by atoms with E-state index in [2.05, 4.69) is 0 Å². The quantitative estimate of drug-likeness (QED) is 0.724. The number of likely N-dealkylation sites (tertiary alicyclic amines) is 1. The van der Waals surface area contributed by atoms with Crippen LogP contribution in [0.2, 0.25) is 0 Å². The van der Waals surface area contributed by atoms with Crippen LogP contribution in [0.25, 0.3) is 0 Å². The maximum atomic E-state index is 12.3. The monoisotopic (exact) mass is 255 g/mol. The largest absolute Gasteiger partial charge is 0.379 e. The molecule has 3 aliphatic heterocycles. The van der Waals surface area contributed by atoms with Crippen LogP contribution in [0.5, 0.6) is 0 Å². The number of carbonyl (C=O) groups excluding carboxylic acids is 1. The van der Waals surface area contributed by atoms with E-state index in [-0.39, 0.29) is 23.7 Å². The molecule has 0 aromatic rings. The van der Waals surface area contributed by atoms with Crippen molar-refractivity contribution < 1.29 is 19.0 Å². The summed E-state index contributed by atoms with van der Waals surface area (Å²) in [5, 5.41) is 0. The van der Waals surface area contributed by atoms with Gasteiger partial charge in [0.1, 0.15) is 6.10 Å². The molecule has 3 heterocycles. The molecule has 0 unspecified atom stereocenters. The lowest BCUT2D eigenvalue weighted by atomic mass is 9.98. The Morgan fingerprint density at radius 2 is 2.39 bits per heavy atom. The number of methoxy groups -OCH3 is 1. The Kier molecular flexibility index (Phi) is 3.30. The van der Waals surface area contributed by atoms with E-state index in [1.165, 1.54) is 0 Å². The molecule has 0 aromatic carbocycles. The van der Waals surface area contributed by atoms with Crippen LogP contribution in [0.1, 0.15) is 25.7 Å². The third-order valence-electron chi connectivity index (χ3n) is 4.34. The number of rotatable bonds is 2. The molecule has 18 heavy (non-hydrogen) atoms. The van der Waals surface area contributed by atoms with Crippen LogP contribution < -0.4 is 0 Å². The Balaban J connectivity index is 1.59. The van der Waals surface area contributed by atoms with Gasteiger partial charge in [-0.2, -0.15) is 0 Å². The first-order chi connectivity index (χ1) is 8.72. The van der Waals surface area contributed by atoms with E-state index in [0.29, 0.717) is 13.2 Å². The first kappa shape index (κ1) is 12.4. The lowest BCUT2D eigenvalue weighted by Crippen LogP contribution is -2.40. The van der Waals surface area contributed by atoms with Gasteiger partial charge < -0.3 is 19.1 Å². The average Bonchev–Trinajstić information content (AvgIpc) is 3.10. The summed E-state index contributed by atoms with van der Waals surface area (Å²) in [5.41, 5.74) is -0.158. The van der Waals surface area contributed by atoms with Crippen LogP contribution in [-0.4, -0.2) is 62.0 Å². The summed E-state index contributed by atoms with van der Waals surface area (Å²) in [7, 11) is 1.72. The molecule has 102 valence electrons. The van der Waals surface area contributed by atoms with Crippen LogP contribution in [0.4, 0.5) is 0 Å². The van der Waals surface area contributed by atoms with E-state index >= 15 is 0 Å². The minimum atomic E-state index is -0.209. The predicted octanol–water partition coefficient (Wildman–Crippen LogP) is 0.572. The first-order valence-electron chi connectivity index (χ1n) is 6.80. The van der Waals surface area contributed by atoms with E-state index in [1.54, 1.807) is 7.11 Å². The molecular weight excluding hydrogens is 234 g/mol. The number of ether oxygens (including phenoxy) is 3. The molecule has 1 spiro atoms. The zero-order chi connectivity index (χ0) is 12.6. The van der Waals surface area contributed by atoms with Gasteiger partial charge in [-0.25, -0.2) is 0 Å². The van der Waals surface area contributed by atoms with Crippen molar-refractivity contribution in [2.45, 2.75) is 43.5 Å². The second kappa shape index (κ2) is 4.79. The highest BCUT2D eigenvalue weighted by Gasteiger charge is 2.47.